The fourth-order valence-corrected chi connectivity index (χ4v) is 4.63. The number of aromatic nitrogens is 3. The van der Waals surface area contributed by atoms with Gasteiger partial charge in [-0.1, -0.05) is 29.3 Å². The van der Waals surface area contributed by atoms with Crippen LogP contribution in [-0.4, -0.2) is 21.1 Å². The third-order valence-corrected chi connectivity index (χ3v) is 6.29. The number of pyridine rings is 1. The standard InChI is InChI=1S/C25H20Cl2FN3O/c26-19-4-1-18(22(27)13-19)14-32-15-21-7-8-23-30-24(16-2-5-20(28)6-3-16)25(31(21)23)17-9-11-29-12-10-17/h1-6,9-13,21H,7-8,14-15H2. The van der Waals surface area contributed by atoms with Crippen LogP contribution in [0.4, 0.5) is 4.39 Å². The van der Waals surface area contributed by atoms with Crippen molar-refractivity contribution >= 4 is 23.2 Å². The second-order valence-corrected chi connectivity index (χ2v) is 8.63. The van der Waals surface area contributed by atoms with Crippen LogP contribution in [0.2, 0.25) is 10.0 Å². The monoisotopic (exact) mass is 467 g/mol. The summed E-state index contributed by atoms with van der Waals surface area (Å²) in [6.07, 6.45) is 5.34. The predicted molar refractivity (Wildman–Crippen MR) is 124 cm³/mol. The van der Waals surface area contributed by atoms with Gasteiger partial charge in [0.05, 0.1) is 30.6 Å². The van der Waals surface area contributed by atoms with Gasteiger partial charge in [0.25, 0.3) is 0 Å². The van der Waals surface area contributed by atoms with Crippen molar-refractivity contribution in [3.63, 3.8) is 0 Å². The minimum Gasteiger partial charge on any atom is -0.375 e. The molecule has 0 saturated heterocycles. The zero-order valence-corrected chi connectivity index (χ0v) is 18.7. The van der Waals surface area contributed by atoms with E-state index in [-0.39, 0.29) is 11.9 Å². The first-order valence-electron chi connectivity index (χ1n) is 10.4. The molecular weight excluding hydrogens is 448 g/mol. The van der Waals surface area contributed by atoms with E-state index in [1.165, 1.54) is 12.1 Å². The van der Waals surface area contributed by atoms with Gasteiger partial charge in [0.1, 0.15) is 11.6 Å². The van der Waals surface area contributed by atoms with Crippen LogP contribution in [0.3, 0.4) is 0 Å². The van der Waals surface area contributed by atoms with E-state index in [1.807, 2.05) is 24.3 Å². The summed E-state index contributed by atoms with van der Waals surface area (Å²) in [5, 5.41) is 1.20. The van der Waals surface area contributed by atoms with Gasteiger partial charge in [-0.3, -0.25) is 4.98 Å². The molecule has 0 amide bonds. The highest BCUT2D eigenvalue weighted by Crippen LogP contribution is 2.39. The summed E-state index contributed by atoms with van der Waals surface area (Å²) in [5.74, 6) is 0.743. The predicted octanol–water partition coefficient (Wildman–Crippen LogP) is 6.76. The molecule has 4 aromatic rings. The molecule has 1 atom stereocenters. The molecule has 0 radical (unpaired) electrons. The second-order valence-electron chi connectivity index (χ2n) is 7.78. The number of hydrogen-bond donors (Lipinski definition) is 0. The zero-order valence-electron chi connectivity index (χ0n) is 17.1. The largest absolute Gasteiger partial charge is 0.375 e. The molecule has 5 rings (SSSR count). The SMILES string of the molecule is Fc1ccc(-c2nc3n(c2-c2ccncc2)C(COCc2ccc(Cl)cc2Cl)CC3)cc1. The number of rotatable bonds is 6. The molecule has 0 spiro atoms. The number of halogens is 3. The summed E-state index contributed by atoms with van der Waals surface area (Å²) < 4.78 is 21.8. The Morgan fingerprint density at radius 3 is 2.53 bits per heavy atom. The summed E-state index contributed by atoms with van der Waals surface area (Å²) in [7, 11) is 0. The Kier molecular flexibility index (Phi) is 5.96. The molecule has 1 aliphatic heterocycles. The maximum absolute atomic E-state index is 13.5. The van der Waals surface area contributed by atoms with Crippen LogP contribution in [0.25, 0.3) is 22.5 Å². The highest BCUT2D eigenvalue weighted by Gasteiger charge is 2.30. The Labute approximate surface area is 195 Å². The number of nitrogens with zero attached hydrogens (tertiary/aromatic N) is 3. The average molecular weight is 468 g/mol. The molecule has 2 aromatic heterocycles. The smallest absolute Gasteiger partial charge is 0.123 e. The van der Waals surface area contributed by atoms with Crippen molar-refractivity contribution in [1.29, 1.82) is 0 Å². The Balaban J connectivity index is 1.45. The number of ether oxygens (including phenoxy) is 1. The Hall–Kier alpha value is -2.73. The quantitative estimate of drug-likeness (QED) is 0.314. The van der Waals surface area contributed by atoms with Gasteiger partial charge >= 0.3 is 0 Å². The first-order valence-corrected chi connectivity index (χ1v) is 11.1. The van der Waals surface area contributed by atoms with Gasteiger partial charge in [0, 0.05) is 40.0 Å². The molecule has 162 valence electrons. The van der Waals surface area contributed by atoms with Crippen molar-refractivity contribution in [1.82, 2.24) is 14.5 Å². The molecule has 0 aliphatic carbocycles. The number of hydrogen-bond acceptors (Lipinski definition) is 3. The molecule has 32 heavy (non-hydrogen) atoms. The van der Waals surface area contributed by atoms with Gasteiger partial charge in [-0.25, -0.2) is 9.37 Å². The van der Waals surface area contributed by atoms with Crippen molar-refractivity contribution in [2.45, 2.75) is 25.5 Å². The average Bonchev–Trinajstić information content (AvgIpc) is 3.36. The summed E-state index contributed by atoms with van der Waals surface area (Å²) >= 11 is 12.3. The molecule has 2 aromatic carbocycles. The minimum atomic E-state index is -0.266. The van der Waals surface area contributed by atoms with Gasteiger partial charge in [0.2, 0.25) is 0 Å². The fraction of sp³-hybridized carbons (Fsp3) is 0.200. The van der Waals surface area contributed by atoms with E-state index < -0.39 is 0 Å². The molecule has 0 bridgehead atoms. The van der Waals surface area contributed by atoms with Crippen molar-refractivity contribution in [3.8, 4) is 22.5 Å². The topological polar surface area (TPSA) is 39.9 Å². The van der Waals surface area contributed by atoms with E-state index in [9.17, 15) is 4.39 Å². The van der Waals surface area contributed by atoms with Crippen molar-refractivity contribution in [2.75, 3.05) is 6.61 Å². The Bertz CT molecular complexity index is 1240. The summed E-state index contributed by atoms with van der Waals surface area (Å²) in [4.78, 5) is 9.09. The van der Waals surface area contributed by atoms with E-state index >= 15 is 0 Å². The molecule has 0 fully saturated rings. The van der Waals surface area contributed by atoms with Crippen LogP contribution in [0.1, 0.15) is 23.9 Å². The summed E-state index contributed by atoms with van der Waals surface area (Å²) in [5.41, 5.74) is 4.65. The molecule has 7 heteroatoms. The van der Waals surface area contributed by atoms with E-state index in [2.05, 4.69) is 9.55 Å². The van der Waals surface area contributed by atoms with Crippen LogP contribution in [0.15, 0.2) is 67.0 Å². The van der Waals surface area contributed by atoms with E-state index in [0.717, 1.165) is 46.7 Å². The maximum Gasteiger partial charge on any atom is 0.123 e. The molecule has 4 nitrogen and oxygen atoms in total. The third-order valence-electron chi connectivity index (χ3n) is 5.70. The van der Waals surface area contributed by atoms with Crippen LogP contribution >= 0.6 is 23.2 Å². The highest BCUT2D eigenvalue weighted by molar-refractivity contribution is 6.35. The van der Waals surface area contributed by atoms with Gasteiger partial charge in [-0.2, -0.15) is 0 Å². The van der Waals surface area contributed by atoms with Gasteiger partial charge in [0.15, 0.2) is 0 Å². The van der Waals surface area contributed by atoms with Crippen molar-refractivity contribution in [2.24, 2.45) is 0 Å². The van der Waals surface area contributed by atoms with E-state index in [0.29, 0.717) is 23.3 Å². The van der Waals surface area contributed by atoms with Crippen LogP contribution < -0.4 is 0 Å². The minimum absolute atomic E-state index is 0.140. The van der Waals surface area contributed by atoms with Crippen molar-refractivity contribution < 1.29 is 9.13 Å². The second kappa shape index (κ2) is 9.02. The van der Waals surface area contributed by atoms with Gasteiger partial charge in [-0.05, 0) is 60.5 Å². The highest BCUT2D eigenvalue weighted by atomic mass is 35.5. The maximum atomic E-state index is 13.5. The van der Waals surface area contributed by atoms with E-state index in [4.69, 9.17) is 32.9 Å². The lowest BCUT2D eigenvalue weighted by atomic mass is 10.0. The molecule has 3 heterocycles. The number of aryl methyl sites for hydroxylation is 1. The molecular formula is C25H20Cl2FN3O. The lowest BCUT2D eigenvalue weighted by molar-refractivity contribution is 0.0925. The summed E-state index contributed by atoms with van der Waals surface area (Å²) in [6.45, 7) is 0.940. The molecule has 0 saturated carbocycles. The first kappa shape index (κ1) is 21.1. The lowest BCUT2D eigenvalue weighted by Crippen LogP contribution is -2.13. The summed E-state index contributed by atoms with van der Waals surface area (Å²) in [6, 6.07) is 16.0. The Morgan fingerprint density at radius 2 is 1.78 bits per heavy atom. The van der Waals surface area contributed by atoms with Crippen LogP contribution in [0.5, 0.6) is 0 Å². The molecule has 0 N–H and O–H groups in total. The number of benzene rings is 2. The number of fused-ring (bicyclic) bond motifs is 1. The zero-order chi connectivity index (χ0) is 22.1. The number of imidazole rings is 1. The lowest BCUT2D eigenvalue weighted by Gasteiger charge is -2.18. The van der Waals surface area contributed by atoms with E-state index in [1.54, 1.807) is 30.6 Å². The Morgan fingerprint density at radius 1 is 1.00 bits per heavy atom. The first-order chi connectivity index (χ1) is 15.6. The fourth-order valence-electron chi connectivity index (χ4n) is 4.17. The molecule has 1 aliphatic rings. The third kappa shape index (κ3) is 4.16. The van der Waals surface area contributed by atoms with Gasteiger partial charge < -0.3 is 9.30 Å². The molecule has 1 unspecified atom stereocenters. The van der Waals surface area contributed by atoms with Crippen molar-refractivity contribution in [3.05, 3.63) is 94.2 Å². The van der Waals surface area contributed by atoms with Crippen LogP contribution in [0, 0.1) is 5.82 Å². The van der Waals surface area contributed by atoms with Crippen LogP contribution in [-0.2, 0) is 17.8 Å². The van der Waals surface area contributed by atoms with Gasteiger partial charge in [-0.15, -0.1) is 0 Å². The normalized spacial score (nSPS) is 15.2.